The molecule has 1 atom stereocenters. The molecule has 22 heavy (non-hydrogen) atoms. The van der Waals surface area contributed by atoms with Crippen LogP contribution in [0.5, 0.6) is 0 Å². The molecule has 0 aliphatic carbocycles. The molecule has 0 aliphatic heterocycles. The van der Waals surface area contributed by atoms with E-state index in [0.29, 0.717) is 5.69 Å². The van der Waals surface area contributed by atoms with Crippen LogP contribution in [0, 0.1) is 0 Å². The van der Waals surface area contributed by atoms with Gasteiger partial charge in [0.2, 0.25) is 15.9 Å². The van der Waals surface area contributed by atoms with Crippen LogP contribution in [0.15, 0.2) is 54.9 Å². The Morgan fingerprint density at radius 3 is 2.50 bits per heavy atom. The van der Waals surface area contributed by atoms with Crippen molar-refractivity contribution >= 4 is 21.6 Å². The average Bonchev–Trinajstić information content (AvgIpc) is 2.48. The van der Waals surface area contributed by atoms with E-state index >= 15 is 0 Å². The van der Waals surface area contributed by atoms with Gasteiger partial charge in [-0.25, -0.2) is 13.1 Å². The smallest absolute Gasteiger partial charge is 0.233 e. The number of pyridine rings is 1. The normalized spacial score (nSPS) is 12.6. The number of hydrogen-bond donors (Lipinski definition) is 2. The maximum Gasteiger partial charge on any atom is 0.233 e. The minimum Gasteiger partial charge on any atom is -0.324 e. The Bertz CT molecular complexity index is 718. The predicted octanol–water partition coefficient (Wildman–Crippen LogP) is 1.35. The van der Waals surface area contributed by atoms with Gasteiger partial charge in [-0.3, -0.25) is 9.78 Å². The van der Waals surface area contributed by atoms with E-state index in [9.17, 15) is 13.2 Å². The van der Waals surface area contributed by atoms with Gasteiger partial charge in [0, 0.05) is 12.7 Å². The average molecular weight is 319 g/mol. The molecule has 2 aromatic rings. The number of aromatic nitrogens is 1. The van der Waals surface area contributed by atoms with E-state index in [1.807, 2.05) is 6.07 Å². The summed E-state index contributed by atoms with van der Waals surface area (Å²) in [6.07, 6.45) is 4.20. The summed E-state index contributed by atoms with van der Waals surface area (Å²) in [7, 11) is -3.38. The second-order valence-corrected chi connectivity index (χ2v) is 6.65. The highest BCUT2D eigenvalue weighted by Crippen LogP contribution is 2.17. The summed E-state index contributed by atoms with van der Waals surface area (Å²) in [5.41, 5.74) is 1.30. The van der Waals surface area contributed by atoms with Crippen LogP contribution >= 0.6 is 0 Å². The molecule has 1 aromatic heterocycles. The van der Waals surface area contributed by atoms with Gasteiger partial charge >= 0.3 is 0 Å². The Kier molecular flexibility index (Phi) is 5.24. The zero-order chi connectivity index (χ0) is 16.0. The number of benzene rings is 1. The lowest BCUT2D eigenvalue weighted by molar-refractivity contribution is -0.117. The molecule has 0 saturated heterocycles. The van der Waals surface area contributed by atoms with Crippen LogP contribution in [0.3, 0.4) is 0 Å². The van der Waals surface area contributed by atoms with Crippen molar-refractivity contribution in [3.05, 3.63) is 60.4 Å². The second kappa shape index (κ2) is 7.15. The lowest BCUT2D eigenvalue weighted by atomic mass is 9.98. The fourth-order valence-corrected chi connectivity index (χ4v) is 2.42. The van der Waals surface area contributed by atoms with Gasteiger partial charge in [-0.05, 0) is 17.7 Å². The van der Waals surface area contributed by atoms with Gasteiger partial charge in [0.05, 0.1) is 24.1 Å². The molecule has 2 rings (SSSR count). The van der Waals surface area contributed by atoms with Crippen molar-refractivity contribution < 1.29 is 13.2 Å². The van der Waals surface area contributed by atoms with E-state index in [2.05, 4.69) is 15.0 Å². The van der Waals surface area contributed by atoms with E-state index < -0.39 is 15.9 Å². The molecule has 0 unspecified atom stereocenters. The number of nitrogens with zero attached hydrogens (tertiary/aromatic N) is 1. The van der Waals surface area contributed by atoms with Crippen LogP contribution < -0.4 is 10.0 Å². The molecule has 116 valence electrons. The van der Waals surface area contributed by atoms with Crippen LogP contribution in [-0.4, -0.2) is 32.1 Å². The summed E-state index contributed by atoms with van der Waals surface area (Å²) in [5, 5.41) is 2.74. The van der Waals surface area contributed by atoms with Gasteiger partial charge in [-0.15, -0.1) is 0 Å². The predicted molar refractivity (Wildman–Crippen MR) is 84.9 cm³/mol. The highest BCUT2D eigenvalue weighted by atomic mass is 32.2. The third-order valence-electron chi connectivity index (χ3n) is 3.00. The van der Waals surface area contributed by atoms with E-state index in [0.717, 1.165) is 11.8 Å². The zero-order valence-electron chi connectivity index (χ0n) is 12.1. The van der Waals surface area contributed by atoms with Gasteiger partial charge in [0.1, 0.15) is 0 Å². The van der Waals surface area contributed by atoms with Crippen molar-refractivity contribution in [2.75, 3.05) is 18.1 Å². The molecule has 7 heteroatoms. The monoisotopic (exact) mass is 319 g/mol. The summed E-state index contributed by atoms with van der Waals surface area (Å²) < 4.78 is 25.0. The first kappa shape index (κ1) is 16.1. The quantitative estimate of drug-likeness (QED) is 0.841. The summed E-state index contributed by atoms with van der Waals surface area (Å²) in [4.78, 5) is 16.4. The molecular formula is C15H17N3O3S. The Hall–Kier alpha value is -2.25. The number of nitrogens with one attached hydrogen (secondary N) is 2. The fraction of sp³-hybridized carbons (Fsp3) is 0.200. The number of carbonyl (C=O) groups is 1. The van der Waals surface area contributed by atoms with Crippen LogP contribution in [0.25, 0.3) is 0 Å². The van der Waals surface area contributed by atoms with Crippen LogP contribution in [0.4, 0.5) is 5.69 Å². The summed E-state index contributed by atoms with van der Waals surface area (Å²) >= 11 is 0. The van der Waals surface area contributed by atoms with Gasteiger partial charge in [-0.1, -0.05) is 30.3 Å². The minimum atomic E-state index is -3.38. The first-order chi connectivity index (χ1) is 10.5. The fourth-order valence-electron chi connectivity index (χ4n) is 1.95. The molecule has 0 saturated carbocycles. The standard InChI is InChI=1S/C15H17N3O3S/c1-22(20,21)17-11-14(12-6-3-2-4-7-12)15(19)18-13-8-5-9-16-10-13/h2-10,14,17H,11H2,1H3,(H,18,19)/t14-/m0/s1. The van der Waals surface area contributed by atoms with Gasteiger partial charge < -0.3 is 5.32 Å². The maximum absolute atomic E-state index is 12.5. The Labute approximate surface area is 129 Å². The number of sulfonamides is 1. The van der Waals surface area contributed by atoms with Crippen LogP contribution in [0.1, 0.15) is 11.5 Å². The number of hydrogen-bond acceptors (Lipinski definition) is 4. The van der Waals surface area contributed by atoms with Crippen molar-refractivity contribution in [1.82, 2.24) is 9.71 Å². The molecule has 6 nitrogen and oxygen atoms in total. The Morgan fingerprint density at radius 1 is 1.18 bits per heavy atom. The molecule has 0 spiro atoms. The summed E-state index contributed by atoms with van der Waals surface area (Å²) in [6.45, 7) is -0.00502. The van der Waals surface area contributed by atoms with Crippen molar-refractivity contribution in [1.29, 1.82) is 0 Å². The van der Waals surface area contributed by atoms with E-state index in [1.54, 1.807) is 42.6 Å². The Morgan fingerprint density at radius 2 is 1.91 bits per heavy atom. The number of rotatable bonds is 6. The number of carbonyl (C=O) groups excluding carboxylic acids is 1. The summed E-state index contributed by atoms with van der Waals surface area (Å²) in [5.74, 6) is -0.925. The third-order valence-corrected chi connectivity index (χ3v) is 3.69. The molecule has 1 aromatic carbocycles. The first-order valence-corrected chi connectivity index (χ1v) is 8.55. The molecule has 2 N–H and O–H groups in total. The highest BCUT2D eigenvalue weighted by Gasteiger charge is 2.22. The van der Waals surface area contributed by atoms with Crippen molar-refractivity contribution in [3.8, 4) is 0 Å². The molecule has 0 bridgehead atoms. The lowest BCUT2D eigenvalue weighted by Gasteiger charge is -2.17. The van der Waals surface area contributed by atoms with Gasteiger partial charge in [0.15, 0.2) is 0 Å². The molecular weight excluding hydrogens is 302 g/mol. The van der Waals surface area contributed by atoms with Gasteiger partial charge in [0.25, 0.3) is 0 Å². The Balaban J connectivity index is 2.18. The third kappa shape index (κ3) is 4.94. The van der Waals surface area contributed by atoms with Crippen molar-refractivity contribution in [2.24, 2.45) is 0 Å². The molecule has 0 radical (unpaired) electrons. The van der Waals surface area contributed by atoms with E-state index in [4.69, 9.17) is 0 Å². The topological polar surface area (TPSA) is 88.2 Å². The maximum atomic E-state index is 12.5. The lowest BCUT2D eigenvalue weighted by Crippen LogP contribution is -2.33. The number of anilines is 1. The highest BCUT2D eigenvalue weighted by molar-refractivity contribution is 7.88. The molecule has 0 aliphatic rings. The second-order valence-electron chi connectivity index (χ2n) is 4.81. The number of amides is 1. The molecule has 1 amide bonds. The zero-order valence-corrected chi connectivity index (χ0v) is 12.9. The van der Waals surface area contributed by atoms with Crippen molar-refractivity contribution in [3.63, 3.8) is 0 Å². The SMILES string of the molecule is CS(=O)(=O)NC[C@H](C(=O)Nc1cccnc1)c1ccccc1. The van der Waals surface area contributed by atoms with Crippen LogP contribution in [-0.2, 0) is 14.8 Å². The largest absolute Gasteiger partial charge is 0.324 e. The van der Waals surface area contributed by atoms with Gasteiger partial charge in [-0.2, -0.15) is 0 Å². The van der Waals surface area contributed by atoms with E-state index in [-0.39, 0.29) is 12.5 Å². The molecule has 0 fully saturated rings. The summed E-state index contributed by atoms with van der Waals surface area (Å²) in [6, 6.07) is 12.5. The van der Waals surface area contributed by atoms with Crippen LogP contribution in [0.2, 0.25) is 0 Å². The first-order valence-electron chi connectivity index (χ1n) is 6.66. The van der Waals surface area contributed by atoms with Crippen molar-refractivity contribution in [2.45, 2.75) is 5.92 Å². The minimum absolute atomic E-state index is 0.00502. The van der Waals surface area contributed by atoms with E-state index in [1.165, 1.54) is 6.20 Å². The molecule has 1 heterocycles.